The van der Waals surface area contributed by atoms with E-state index in [2.05, 4.69) is 0 Å². The number of carbonyl (C=O) groups excluding carboxylic acids is 1. The Morgan fingerprint density at radius 1 is 1.31 bits per heavy atom. The minimum atomic E-state index is 0.203. The van der Waals surface area contributed by atoms with Gasteiger partial charge in [-0.05, 0) is 37.0 Å². The lowest BCUT2D eigenvalue weighted by Crippen LogP contribution is -2.20. The molecule has 0 spiro atoms. The van der Waals surface area contributed by atoms with Crippen LogP contribution in [0.4, 0.5) is 0 Å². The average Bonchev–Trinajstić information content (AvgIpc) is 2.39. The Hall–Kier alpha value is -0.410. The molecule has 16 heavy (non-hydrogen) atoms. The molecule has 0 aliphatic carbocycles. The van der Waals surface area contributed by atoms with Gasteiger partial charge < -0.3 is 0 Å². The largest absolute Gasteiger partial charge is 0.293 e. The van der Waals surface area contributed by atoms with E-state index in [4.69, 9.17) is 0 Å². The van der Waals surface area contributed by atoms with Gasteiger partial charge in [-0.25, -0.2) is 0 Å². The molecule has 1 fully saturated rings. The van der Waals surface area contributed by atoms with Crippen molar-refractivity contribution in [1.82, 2.24) is 0 Å². The number of hydrogen-bond donors (Lipinski definition) is 0. The van der Waals surface area contributed by atoms with E-state index in [1.165, 1.54) is 17.7 Å². The minimum Gasteiger partial charge on any atom is -0.293 e. The molecule has 1 saturated heterocycles. The summed E-state index contributed by atoms with van der Waals surface area (Å²) in [5.74, 6) is 1.46. The highest BCUT2D eigenvalue weighted by Gasteiger charge is 2.22. The Morgan fingerprint density at radius 2 is 2.06 bits per heavy atom. The molecule has 1 atom stereocenters. The first-order valence-electron chi connectivity index (χ1n) is 5.61. The van der Waals surface area contributed by atoms with Crippen LogP contribution in [-0.2, 0) is 0 Å². The van der Waals surface area contributed by atoms with Gasteiger partial charge in [-0.1, -0.05) is 18.6 Å². The number of benzene rings is 1. The van der Waals surface area contributed by atoms with Crippen LogP contribution >= 0.6 is 23.5 Å². The van der Waals surface area contributed by atoms with E-state index in [1.54, 1.807) is 11.8 Å². The van der Waals surface area contributed by atoms with Gasteiger partial charge in [-0.15, -0.1) is 11.8 Å². The maximum absolute atomic E-state index is 12.2. The van der Waals surface area contributed by atoms with E-state index in [0.717, 1.165) is 17.7 Å². The van der Waals surface area contributed by atoms with Gasteiger partial charge in [0.15, 0.2) is 5.78 Å². The highest BCUT2D eigenvalue weighted by atomic mass is 32.2. The van der Waals surface area contributed by atoms with Gasteiger partial charge in [-0.3, -0.25) is 4.79 Å². The third kappa shape index (κ3) is 2.83. The highest BCUT2D eigenvalue weighted by Crippen LogP contribution is 2.28. The standard InChI is InChI=1S/C13H16OS2/c1-15-11-7-5-10(6-8-11)13(14)12-4-2-3-9-16-12/h5-8,12H,2-4,9H2,1H3. The molecule has 1 aromatic rings. The maximum Gasteiger partial charge on any atom is 0.175 e. The van der Waals surface area contributed by atoms with Crippen molar-refractivity contribution in [2.75, 3.05) is 12.0 Å². The van der Waals surface area contributed by atoms with Crippen LogP contribution in [0.25, 0.3) is 0 Å². The molecule has 0 radical (unpaired) electrons. The van der Waals surface area contributed by atoms with E-state index >= 15 is 0 Å². The number of carbonyl (C=O) groups is 1. The van der Waals surface area contributed by atoms with Crippen molar-refractivity contribution in [2.45, 2.75) is 29.4 Å². The van der Waals surface area contributed by atoms with Gasteiger partial charge in [0.25, 0.3) is 0 Å². The van der Waals surface area contributed by atoms with Gasteiger partial charge in [-0.2, -0.15) is 11.8 Å². The quantitative estimate of drug-likeness (QED) is 0.600. The Bertz CT molecular complexity index is 353. The van der Waals surface area contributed by atoms with Crippen LogP contribution in [0.5, 0.6) is 0 Å². The SMILES string of the molecule is CSc1ccc(C(=O)C2CCCCS2)cc1. The lowest BCUT2D eigenvalue weighted by Gasteiger charge is -2.19. The van der Waals surface area contributed by atoms with Crippen molar-refractivity contribution in [3.63, 3.8) is 0 Å². The van der Waals surface area contributed by atoms with Gasteiger partial charge in [0.2, 0.25) is 0 Å². The van der Waals surface area contributed by atoms with Gasteiger partial charge in [0.05, 0.1) is 5.25 Å². The maximum atomic E-state index is 12.2. The molecular weight excluding hydrogens is 236 g/mol. The third-order valence-electron chi connectivity index (χ3n) is 2.85. The predicted molar refractivity (Wildman–Crippen MR) is 72.7 cm³/mol. The predicted octanol–water partition coefficient (Wildman–Crippen LogP) is 3.88. The van der Waals surface area contributed by atoms with Crippen LogP contribution in [0.3, 0.4) is 0 Å². The Kier molecular flexibility index (Phi) is 4.36. The summed E-state index contributed by atoms with van der Waals surface area (Å²) in [5.41, 5.74) is 0.872. The molecule has 1 unspecified atom stereocenters. The normalized spacial score (nSPS) is 20.7. The topological polar surface area (TPSA) is 17.1 Å². The van der Waals surface area contributed by atoms with Crippen molar-refractivity contribution in [2.24, 2.45) is 0 Å². The fraction of sp³-hybridized carbons (Fsp3) is 0.462. The first kappa shape index (κ1) is 12.1. The van der Waals surface area contributed by atoms with Crippen molar-refractivity contribution in [3.8, 4) is 0 Å². The van der Waals surface area contributed by atoms with Crippen LogP contribution < -0.4 is 0 Å². The van der Waals surface area contributed by atoms with Crippen molar-refractivity contribution < 1.29 is 4.79 Å². The van der Waals surface area contributed by atoms with Gasteiger partial charge in [0, 0.05) is 10.5 Å². The number of thioether (sulfide) groups is 2. The van der Waals surface area contributed by atoms with E-state index in [0.29, 0.717) is 5.78 Å². The van der Waals surface area contributed by atoms with Crippen molar-refractivity contribution in [1.29, 1.82) is 0 Å². The molecule has 0 bridgehead atoms. The molecule has 0 aromatic heterocycles. The van der Waals surface area contributed by atoms with E-state index in [-0.39, 0.29) is 5.25 Å². The molecule has 0 saturated carbocycles. The van der Waals surface area contributed by atoms with Crippen LogP contribution in [0.1, 0.15) is 29.6 Å². The molecule has 1 aromatic carbocycles. The highest BCUT2D eigenvalue weighted by molar-refractivity contribution is 8.00. The van der Waals surface area contributed by atoms with E-state index < -0.39 is 0 Å². The zero-order chi connectivity index (χ0) is 11.4. The number of ketones is 1. The van der Waals surface area contributed by atoms with Crippen molar-refractivity contribution >= 4 is 29.3 Å². The molecule has 1 aliphatic rings. The first-order chi connectivity index (χ1) is 7.81. The number of hydrogen-bond acceptors (Lipinski definition) is 3. The summed E-state index contributed by atoms with van der Waals surface area (Å²) in [6.07, 6.45) is 5.56. The summed E-state index contributed by atoms with van der Waals surface area (Å²) in [4.78, 5) is 13.4. The molecule has 1 aliphatic heterocycles. The molecular formula is C13H16OS2. The molecule has 3 heteroatoms. The third-order valence-corrected chi connectivity index (χ3v) is 4.97. The summed E-state index contributed by atoms with van der Waals surface area (Å²) >= 11 is 3.53. The van der Waals surface area contributed by atoms with Crippen LogP contribution in [0.2, 0.25) is 0 Å². The number of rotatable bonds is 3. The second-order valence-electron chi connectivity index (χ2n) is 3.95. The van der Waals surface area contributed by atoms with E-state index in [1.807, 2.05) is 42.3 Å². The van der Waals surface area contributed by atoms with Crippen LogP contribution in [0.15, 0.2) is 29.2 Å². The summed E-state index contributed by atoms with van der Waals surface area (Å²) in [6, 6.07) is 7.99. The lowest BCUT2D eigenvalue weighted by molar-refractivity contribution is 0.0985. The molecule has 86 valence electrons. The zero-order valence-electron chi connectivity index (χ0n) is 9.44. The molecule has 2 rings (SSSR count). The summed E-state index contributed by atoms with van der Waals surface area (Å²) < 4.78 is 0. The molecule has 0 amide bonds. The molecule has 0 N–H and O–H groups in total. The Morgan fingerprint density at radius 3 is 2.62 bits per heavy atom. The van der Waals surface area contributed by atoms with Crippen LogP contribution in [0, 0.1) is 0 Å². The average molecular weight is 252 g/mol. The fourth-order valence-electron chi connectivity index (χ4n) is 1.89. The Balaban J connectivity index is 2.07. The first-order valence-corrected chi connectivity index (χ1v) is 7.88. The lowest BCUT2D eigenvalue weighted by atomic mass is 10.0. The summed E-state index contributed by atoms with van der Waals surface area (Å²) in [7, 11) is 0. The smallest absolute Gasteiger partial charge is 0.175 e. The fourth-order valence-corrected chi connectivity index (χ4v) is 3.57. The molecule has 1 heterocycles. The van der Waals surface area contributed by atoms with E-state index in [9.17, 15) is 4.79 Å². The van der Waals surface area contributed by atoms with Gasteiger partial charge in [0.1, 0.15) is 0 Å². The number of Topliss-reactive ketones (excluding diaryl/α,β-unsaturated/α-hetero) is 1. The Labute approximate surface area is 105 Å². The van der Waals surface area contributed by atoms with Crippen LogP contribution in [-0.4, -0.2) is 23.0 Å². The second-order valence-corrected chi connectivity index (χ2v) is 6.14. The molecule has 1 nitrogen and oxygen atoms in total. The van der Waals surface area contributed by atoms with Gasteiger partial charge >= 0.3 is 0 Å². The summed E-state index contributed by atoms with van der Waals surface area (Å²) in [6.45, 7) is 0. The van der Waals surface area contributed by atoms with Crippen molar-refractivity contribution in [3.05, 3.63) is 29.8 Å². The second kappa shape index (κ2) is 5.78. The minimum absolute atomic E-state index is 0.203. The zero-order valence-corrected chi connectivity index (χ0v) is 11.1. The summed E-state index contributed by atoms with van der Waals surface area (Å²) in [5, 5.41) is 0.203. The monoisotopic (exact) mass is 252 g/mol.